The fourth-order valence-corrected chi connectivity index (χ4v) is 4.56. The molecule has 0 fully saturated rings. The summed E-state index contributed by atoms with van der Waals surface area (Å²) >= 11 is 6.18. The summed E-state index contributed by atoms with van der Waals surface area (Å²) in [5.41, 5.74) is 3.88. The van der Waals surface area contributed by atoms with Gasteiger partial charge in [-0.15, -0.1) is 0 Å². The monoisotopic (exact) mass is 456 g/mol. The van der Waals surface area contributed by atoms with Crippen LogP contribution in [0.4, 0.5) is 5.69 Å². The van der Waals surface area contributed by atoms with Crippen LogP contribution in [0.25, 0.3) is 0 Å². The molecule has 31 heavy (non-hydrogen) atoms. The summed E-state index contributed by atoms with van der Waals surface area (Å²) in [6.07, 6.45) is 1.08. The molecule has 3 rings (SSSR count). The quantitative estimate of drug-likeness (QED) is 0.563. The average Bonchev–Trinajstić information content (AvgIpc) is 2.73. The average molecular weight is 457 g/mol. The van der Waals surface area contributed by atoms with Gasteiger partial charge in [0.25, 0.3) is 0 Å². The zero-order chi connectivity index (χ0) is 22.6. The van der Waals surface area contributed by atoms with Crippen molar-refractivity contribution in [2.75, 3.05) is 17.1 Å². The highest BCUT2D eigenvalue weighted by Gasteiger charge is 2.25. The van der Waals surface area contributed by atoms with Crippen molar-refractivity contribution in [3.05, 3.63) is 100 Å². The molecular formula is C24H25ClN2O3S. The fraction of sp³-hybridized carbons (Fsp3) is 0.208. The Morgan fingerprint density at radius 2 is 1.61 bits per heavy atom. The number of aryl methyl sites for hydroxylation is 1. The van der Waals surface area contributed by atoms with Gasteiger partial charge in [-0.3, -0.25) is 9.10 Å². The topological polar surface area (TPSA) is 66.5 Å². The molecule has 162 valence electrons. The minimum Gasteiger partial charge on any atom is -0.344 e. The third-order valence-electron chi connectivity index (χ3n) is 5.13. The number of halogens is 1. The first kappa shape index (κ1) is 22.8. The first-order chi connectivity index (χ1) is 14.7. The number of benzene rings is 3. The number of hydrogen-bond donors (Lipinski definition) is 1. The van der Waals surface area contributed by atoms with E-state index in [0.717, 1.165) is 27.3 Å². The molecule has 0 aliphatic heterocycles. The highest BCUT2D eigenvalue weighted by atomic mass is 35.5. The van der Waals surface area contributed by atoms with Gasteiger partial charge in [-0.25, -0.2) is 8.42 Å². The van der Waals surface area contributed by atoms with Crippen molar-refractivity contribution >= 4 is 33.2 Å². The molecule has 1 N–H and O–H groups in total. The lowest BCUT2D eigenvalue weighted by molar-refractivity contribution is -0.120. The highest BCUT2D eigenvalue weighted by Crippen LogP contribution is 2.29. The van der Waals surface area contributed by atoms with Crippen LogP contribution in [0.5, 0.6) is 0 Å². The van der Waals surface area contributed by atoms with Gasteiger partial charge in [-0.1, -0.05) is 72.3 Å². The molecule has 0 saturated heterocycles. The molecule has 1 unspecified atom stereocenters. The second kappa shape index (κ2) is 9.54. The largest absolute Gasteiger partial charge is 0.344 e. The Hall–Kier alpha value is -2.83. The lowest BCUT2D eigenvalue weighted by Gasteiger charge is -2.26. The Morgan fingerprint density at radius 3 is 2.26 bits per heavy atom. The lowest BCUT2D eigenvalue weighted by atomic mass is 9.95. The van der Waals surface area contributed by atoms with Crippen molar-refractivity contribution < 1.29 is 13.2 Å². The van der Waals surface area contributed by atoms with E-state index in [-0.39, 0.29) is 6.54 Å². The molecule has 0 bridgehead atoms. The number of nitrogens with zero attached hydrogens (tertiary/aromatic N) is 1. The maximum absolute atomic E-state index is 13.1. The van der Waals surface area contributed by atoms with Crippen molar-refractivity contribution in [1.82, 2.24) is 5.32 Å². The number of carbonyl (C=O) groups excluding carboxylic acids is 1. The summed E-state index contributed by atoms with van der Waals surface area (Å²) in [5, 5.41) is 3.46. The SMILES string of the molecule is Cc1ccccc1C(NC(=O)CN(c1cccc(Cl)c1C)S(C)(=O)=O)c1ccccc1. The van der Waals surface area contributed by atoms with Gasteiger partial charge < -0.3 is 5.32 Å². The van der Waals surface area contributed by atoms with Gasteiger partial charge in [0.2, 0.25) is 15.9 Å². The minimum absolute atomic E-state index is 0.352. The smallest absolute Gasteiger partial charge is 0.241 e. The van der Waals surface area contributed by atoms with Crippen LogP contribution in [0.1, 0.15) is 28.3 Å². The summed E-state index contributed by atoms with van der Waals surface area (Å²) in [6.45, 7) is 3.36. The predicted molar refractivity (Wildman–Crippen MR) is 126 cm³/mol. The highest BCUT2D eigenvalue weighted by molar-refractivity contribution is 7.92. The summed E-state index contributed by atoms with van der Waals surface area (Å²) < 4.78 is 26.1. The van der Waals surface area contributed by atoms with Crippen molar-refractivity contribution in [2.45, 2.75) is 19.9 Å². The van der Waals surface area contributed by atoms with Crippen LogP contribution in [-0.2, 0) is 14.8 Å². The number of rotatable bonds is 7. The van der Waals surface area contributed by atoms with Crippen molar-refractivity contribution in [2.24, 2.45) is 0 Å². The zero-order valence-electron chi connectivity index (χ0n) is 17.7. The Bertz CT molecular complexity index is 1180. The molecule has 0 saturated carbocycles. The molecule has 5 nitrogen and oxygen atoms in total. The number of hydrogen-bond acceptors (Lipinski definition) is 3. The van der Waals surface area contributed by atoms with Gasteiger partial charge in [-0.05, 0) is 48.2 Å². The predicted octanol–water partition coefficient (Wildman–Crippen LogP) is 4.63. The van der Waals surface area contributed by atoms with Gasteiger partial charge in [0.15, 0.2) is 0 Å². The normalized spacial score (nSPS) is 12.3. The molecule has 0 aromatic heterocycles. The lowest BCUT2D eigenvalue weighted by Crippen LogP contribution is -2.42. The first-order valence-corrected chi connectivity index (χ1v) is 12.0. The van der Waals surface area contributed by atoms with E-state index in [2.05, 4.69) is 5.32 Å². The summed E-state index contributed by atoms with van der Waals surface area (Å²) in [6, 6.07) is 22.0. The molecule has 0 radical (unpaired) electrons. The molecule has 0 spiro atoms. The van der Waals surface area contributed by atoms with Crippen LogP contribution < -0.4 is 9.62 Å². The Labute approximate surface area is 188 Å². The summed E-state index contributed by atoms with van der Waals surface area (Å²) in [5.74, 6) is -0.415. The van der Waals surface area contributed by atoms with Crippen LogP contribution in [0.15, 0.2) is 72.8 Å². The van der Waals surface area contributed by atoms with Gasteiger partial charge in [0.05, 0.1) is 18.0 Å². The van der Waals surface area contributed by atoms with Crippen molar-refractivity contribution in [3.8, 4) is 0 Å². The molecule has 0 aliphatic carbocycles. The Balaban J connectivity index is 1.94. The molecule has 0 heterocycles. The van der Waals surface area contributed by atoms with E-state index in [1.807, 2.05) is 61.5 Å². The number of sulfonamides is 1. The van der Waals surface area contributed by atoms with E-state index in [1.165, 1.54) is 0 Å². The zero-order valence-corrected chi connectivity index (χ0v) is 19.2. The number of anilines is 1. The molecule has 0 aliphatic rings. The van der Waals surface area contributed by atoms with Crippen LogP contribution in [0.2, 0.25) is 5.02 Å². The van der Waals surface area contributed by atoms with Gasteiger partial charge >= 0.3 is 0 Å². The molecule has 1 atom stereocenters. The second-order valence-corrected chi connectivity index (χ2v) is 9.74. The standard InChI is InChI=1S/C24H25ClN2O3S/c1-17-10-7-8-13-20(17)24(19-11-5-4-6-12-19)26-23(28)16-27(31(3,29)30)22-15-9-14-21(25)18(22)2/h4-15,24H,16H2,1-3H3,(H,26,28). The summed E-state index contributed by atoms with van der Waals surface area (Å²) in [7, 11) is -3.71. The Kier molecular flexibility index (Phi) is 7.03. The van der Waals surface area contributed by atoms with Crippen molar-refractivity contribution in [1.29, 1.82) is 0 Å². The van der Waals surface area contributed by atoms with Gasteiger partial charge in [0.1, 0.15) is 6.54 Å². The molecule has 1 amide bonds. The van der Waals surface area contributed by atoms with E-state index < -0.39 is 22.0 Å². The second-order valence-electron chi connectivity index (χ2n) is 7.42. The first-order valence-electron chi connectivity index (χ1n) is 9.81. The fourth-order valence-electron chi connectivity index (χ4n) is 3.48. The van der Waals surface area contributed by atoms with E-state index in [0.29, 0.717) is 16.3 Å². The number of nitrogens with one attached hydrogen (secondary N) is 1. The third-order valence-corrected chi connectivity index (χ3v) is 6.67. The molecular weight excluding hydrogens is 432 g/mol. The van der Waals surface area contributed by atoms with E-state index in [1.54, 1.807) is 25.1 Å². The molecule has 3 aromatic rings. The third kappa shape index (κ3) is 5.46. The maximum Gasteiger partial charge on any atom is 0.241 e. The van der Waals surface area contributed by atoms with E-state index >= 15 is 0 Å². The van der Waals surface area contributed by atoms with Crippen LogP contribution >= 0.6 is 11.6 Å². The number of carbonyl (C=O) groups is 1. The van der Waals surface area contributed by atoms with E-state index in [4.69, 9.17) is 11.6 Å². The van der Waals surface area contributed by atoms with Crippen molar-refractivity contribution in [3.63, 3.8) is 0 Å². The van der Waals surface area contributed by atoms with Gasteiger partial charge in [0, 0.05) is 5.02 Å². The molecule has 3 aromatic carbocycles. The number of amides is 1. The van der Waals surface area contributed by atoms with Crippen LogP contribution in [0.3, 0.4) is 0 Å². The van der Waals surface area contributed by atoms with E-state index in [9.17, 15) is 13.2 Å². The summed E-state index contributed by atoms with van der Waals surface area (Å²) in [4.78, 5) is 13.1. The van der Waals surface area contributed by atoms with Crippen LogP contribution in [-0.4, -0.2) is 27.1 Å². The van der Waals surface area contributed by atoms with Gasteiger partial charge in [-0.2, -0.15) is 0 Å². The minimum atomic E-state index is -3.71. The van der Waals surface area contributed by atoms with Crippen LogP contribution in [0, 0.1) is 13.8 Å². The maximum atomic E-state index is 13.1. The molecule has 7 heteroatoms. The Morgan fingerprint density at radius 1 is 0.968 bits per heavy atom.